The van der Waals surface area contributed by atoms with Crippen LogP contribution in [0, 0.1) is 23.7 Å². The van der Waals surface area contributed by atoms with Crippen molar-refractivity contribution in [3.05, 3.63) is 59.7 Å². The highest BCUT2D eigenvalue weighted by Gasteiger charge is 2.21. The van der Waals surface area contributed by atoms with Crippen LogP contribution in [0.2, 0.25) is 0 Å². The summed E-state index contributed by atoms with van der Waals surface area (Å²) in [5.41, 5.74) is 5.77. The fourth-order valence-electron chi connectivity index (χ4n) is 6.90. The van der Waals surface area contributed by atoms with E-state index >= 15 is 0 Å². The van der Waals surface area contributed by atoms with Gasteiger partial charge in [-0.05, 0) is 71.6 Å². The quantitative estimate of drug-likeness (QED) is 0.314. The lowest BCUT2D eigenvalue weighted by atomic mass is 9.78. The molecular formula is C34H50. The number of rotatable bonds is 11. The van der Waals surface area contributed by atoms with Crippen molar-refractivity contribution in [2.75, 3.05) is 0 Å². The molecule has 0 N–H and O–H groups in total. The average molecular weight is 459 g/mol. The standard InChI is InChI=1S/C34H50/c1-3-5-27-7-11-29(12-8-27)15-17-31-19-23-33(24-20-31)34-25-21-32(22-26-34)18-16-30-13-9-28(6-4-2)10-14-30/h19-30H,3-18H2,1-2H3/t27-,28-,29-,30-. The minimum atomic E-state index is 0.965. The van der Waals surface area contributed by atoms with E-state index in [2.05, 4.69) is 62.4 Å². The van der Waals surface area contributed by atoms with Crippen molar-refractivity contribution in [3.8, 4) is 11.1 Å². The van der Waals surface area contributed by atoms with Gasteiger partial charge < -0.3 is 0 Å². The van der Waals surface area contributed by atoms with Crippen LogP contribution in [0.4, 0.5) is 0 Å². The number of hydrogen-bond acceptors (Lipinski definition) is 0. The van der Waals surface area contributed by atoms with Crippen LogP contribution in [0.15, 0.2) is 48.5 Å². The lowest BCUT2D eigenvalue weighted by molar-refractivity contribution is 0.252. The fourth-order valence-corrected chi connectivity index (χ4v) is 6.90. The van der Waals surface area contributed by atoms with Crippen molar-refractivity contribution < 1.29 is 0 Å². The molecule has 0 atom stereocenters. The topological polar surface area (TPSA) is 0 Å². The first-order valence-corrected chi connectivity index (χ1v) is 14.9. The average Bonchev–Trinajstić information content (AvgIpc) is 2.89. The molecule has 2 aliphatic carbocycles. The predicted molar refractivity (Wildman–Crippen MR) is 149 cm³/mol. The van der Waals surface area contributed by atoms with Crippen molar-refractivity contribution >= 4 is 0 Å². The second-order valence-electron chi connectivity index (χ2n) is 11.8. The molecule has 186 valence electrons. The lowest BCUT2D eigenvalue weighted by Crippen LogP contribution is -2.15. The molecule has 4 rings (SSSR count). The Morgan fingerprint density at radius 1 is 0.441 bits per heavy atom. The van der Waals surface area contributed by atoms with Gasteiger partial charge in [0, 0.05) is 0 Å². The molecule has 2 aromatic carbocycles. The SMILES string of the molecule is CCC[C@H]1CC[C@H](CCc2ccc(-c3ccc(CC[C@H]4CC[C@H](CCC)CC4)cc3)cc2)CC1. The van der Waals surface area contributed by atoms with Crippen molar-refractivity contribution in [1.82, 2.24) is 0 Å². The highest BCUT2D eigenvalue weighted by atomic mass is 14.3. The molecule has 2 aromatic rings. The van der Waals surface area contributed by atoms with Crippen LogP contribution in [0.3, 0.4) is 0 Å². The molecule has 2 fully saturated rings. The van der Waals surface area contributed by atoms with Crippen molar-refractivity contribution in [2.45, 2.75) is 117 Å². The molecule has 0 unspecified atom stereocenters. The molecule has 34 heavy (non-hydrogen) atoms. The zero-order valence-corrected chi connectivity index (χ0v) is 22.2. The van der Waals surface area contributed by atoms with Crippen LogP contribution in [0.25, 0.3) is 11.1 Å². The minimum absolute atomic E-state index is 0.965. The fraction of sp³-hybridized carbons (Fsp3) is 0.647. The molecule has 0 heteroatoms. The second-order valence-corrected chi connectivity index (χ2v) is 11.8. The zero-order valence-electron chi connectivity index (χ0n) is 22.2. The molecule has 0 spiro atoms. The maximum Gasteiger partial charge on any atom is -0.0184 e. The Kier molecular flexibility index (Phi) is 10.1. The minimum Gasteiger partial charge on any atom is -0.0654 e. The summed E-state index contributed by atoms with van der Waals surface area (Å²) in [5, 5.41) is 0. The van der Waals surface area contributed by atoms with Gasteiger partial charge >= 0.3 is 0 Å². The maximum absolute atomic E-state index is 2.38. The Morgan fingerprint density at radius 3 is 1.03 bits per heavy atom. The van der Waals surface area contributed by atoms with Crippen LogP contribution in [0.5, 0.6) is 0 Å². The Bertz CT molecular complexity index is 727. The van der Waals surface area contributed by atoms with Gasteiger partial charge in [-0.3, -0.25) is 0 Å². The zero-order chi connectivity index (χ0) is 23.6. The third kappa shape index (κ3) is 7.73. The van der Waals surface area contributed by atoms with Gasteiger partial charge in [0.25, 0.3) is 0 Å². The smallest absolute Gasteiger partial charge is 0.0184 e. The molecular weight excluding hydrogens is 408 g/mol. The van der Waals surface area contributed by atoms with Gasteiger partial charge in [-0.2, -0.15) is 0 Å². The molecule has 0 nitrogen and oxygen atoms in total. The van der Waals surface area contributed by atoms with E-state index in [4.69, 9.17) is 0 Å². The molecule has 0 aromatic heterocycles. The molecule has 0 amide bonds. The van der Waals surface area contributed by atoms with E-state index in [1.807, 2.05) is 0 Å². The van der Waals surface area contributed by atoms with Crippen molar-refractivity contribution in [1.29, 1.82) is 0 Å². The monoisotopic (exact) mass is 458 g/mol. The van der Waals surface area contributed by atoms with Gasteiger partial charge in [-0.25, -0.2) is 0 Å². The van der Waals surface area contributed by atoms with Crippen LogP contribution in [-0.2, 0) is 12.8 Å². The van der Waals surface area contributed by atoms with E-state index in [9.17, 15) is 0 Å². The van der Waals surface area contributed by atoms with Gasteiger partial charge in [0.2, 0.25) is 0 Å². The molecule has 0 bridgehead atoms. The summed E-state index contributed by atoms with van der Waals surface area (Å²) in [6.07, 6.45) is 22.7. The number of hydrogen-bond donors (Lipinski definition) is 0. The predicted octanol–water partition coefficient (Wildman–Crippen LogP) is 10.4. The third-order valence-electron chi connectivity index (χ3n) is 9.25. The molecule has 2 saturated carbocycles. The van der Waals surface area contributed by atoms with E-state index in [0.717, 1.165) is 23.7 Å². The van der Waals surface area contributed by atoms with Gasteiger partial charge in [0.15, 0.2) is 0 Å². The van der Waals surface area contributed by atoms with Gasteiger partial charge in [-0.15, -0.1) is 0 Å². The summed E-state index contributed by atoms with van der Waals surface area (Å²) in [6.45, 7) is 4.68. The van der Waals surface area contributed by atoms with E-state index in [-0.39, 0.29) is 0 Å². The summed E-state index contributed by atoms with van der Waals surface area (Å²) in [7, 11) is 0. The first-order valence-electron chi connectivity index (χ1n) is 14.9. The Hall–Kier alpha value is -1.56. The molecule has 0 radical (unpaired) electrons. The van der Waals surface area contributed by atoms with Crippen LogP contribution in [-0.4, -0.2) is 0 Å². The van der Waals surface area contributed by atoms with Gasteiger partial charge in [-0.1, -0.05) is 139 Å². The van der Waals surface area contributed by atoms with E-state index in [1.54, 1.807) is 0 Å². The summed E-state index contributed by atoms with van der Waals surface area (Å²) in [5.74, 6) is 3.98. The lowest BCUT2D eigenvalue weighted by Gasteiger charge is -2.28. The van der Waals surface area contributed by atoms with Crippen molar-refractivity contribution in [2.24, 2.45) is 23.7 Å². The third-order valence-corrected chi connectivity index (χ3v) is 9.25. The van der Waals surface area contributed by atoms with Crippen LogP contribution >= 0.6 is 0 Å². The van der Waals surface area contributed by atoms with E-state index < -0.39 is 0 Å². The van der Waals surface area contributed by atoms with E-state index in [0.29, 0.717) is 0 Å². The summed E-state index contributed by atoms with van der Waals surface area (Å²) in [4.78, 5) is 0. The second kappa shape index (κ2) is 13.5. The number of aryl methyl sites for hydroxylation is 2. The Morgan fingerprint density at radius 2 is 0.735 bits per heavy atom. The number of benzene rings is 2. The van der Waals surface area contributed by atoms with Gasteiger partial charge in [0.1, 0.15) is 0 Å². The summed E-state index contributed by atoms with van der Waals surface area (Å²) in [6, 6.07) is 18.9. The van der Waals surface area contributed by atoms with Gasteiger partial charge in [0.05, 0.1) is 0 Å². The molecule has 0 aliphatic heterocycles. The Balaban J connectivity index is 1.19. The van der Waals surface area contributed by atoms with Crippen molar-refractivity contribution in [3.63, 3.8) is 0 Å². The van der Waals surface area contributed by atoms with E-state index in [1.165, 1.54) is 125 Å². The molecule has 2 aliphatic rings. The summed E-state index contributed by atoms with van der Waals surface area (Å²) < 4.78 is 0. The largest absolute Gasteiger partial charge is 0.0654 e. The normalized spacial score (nSPS) is 25.4. The first kappa shape index (κ1) is 25.5. The molecule has 0 saturated heterocycles. The molecule has 0 heterocycles. The summed E-state index contributed by atoms with van der Waals surface area (Å²) >= 11 is 0. The first-order chi connectivity index (χ1) is 16.7. The van der Waals surface area contributed by atoms with Crippen LogP contribution < -0.4 is 0 Å². The van der Waals surface area contributed by atoms with Crippen LogP contribution in [0.1, 0.15) is 115 Å². The Labute approximate surface area is 211 Å². The highest BCUT2D eigenvalue weighted by Crippen LogP contribution is 2.35. The maximum atomic E-state index is 2.38. The highest BCUT2D eigenvalue weighted by molar-refractivity contribution is 5.64.